The van der Waals surface area contributed by atoms with Gasteiger partial charge in [0, 0.05) is 23.4 Å². The lowest BCUT2D eigenvalue weighted by molar-refractivity contribution is 0.722. The van der Waals surface area contributed by atoms with Crippen molar-refractivity contribution in [1.29, 1.82) is 0 Å². The van der Waals surface area contributed by atoms with Gasteiger partial charge in [-0.05, 0) is 36.0 Å². The van der Waals surface area contributed by atoms with Gasteiger partial charge >= 0.3 is 0 Å². The van der Waals surface area contributed by atoms with E-state index in [1.807, 2.05) is 14.0 Å². The van der Waals surface area contributed by atoms with Crippen LogP contribution < -0.4 is 5.32 Å². The molecule has 0 amide bonds. The average Bonchev–Trinajstić information content (AvgIpc) is 2.78. The molecule has 0 saturated carbocycles. The molecule has 2 aromatic rings. The Hall–Kier alpha value is -0.650. The number of hydrogen-bond donors (Lipinski definition) is 1. The fourth-order valence-corrected chi connectivity index (χ4v) is 3.10. The van der Waals surface area contributed by atoms with Crippen LogP contribution >= 0.6 is 27.3 Å². The summed E-state index contributed by atoms with van der Waals surface area (Å²) in [5.41, 5.74) is 2.32. The van der Waals surface area contributed by atoms with E-state index in [9.17, 15) is 0 Å². The fourth-order valence-electron chi connectivity index (χ4n) is 1.66. The van der Waals surface area contributed by atoms with E-state index < -0.39 is 0 Å². The summed E-state index contributed by atoms with van der Waals surface area (Å²) in [5, 5.41) is 5.27. The standard InChI is InChI=1S/C11H14BrN3S/c1-7-14-11(9(5-13-2)15(7)3)10-4-8(12)6-16-10/h4,6,13H,5H2,1-3H3. The highest BCUT2D eigenvalue weighted by Crippen LogP contribution is 2.31. The van der Waals surface area contributed by atoms with Crippen LogP contribution in [0.4, 0.5) is 0 Å². The van der Waals surface area contributed by atoms with Gasteiger partial charge in [0.15, 0.2) is 0 Å². The molecular formula is C11H14BrN3S. The summed E-state index contributed by atoms with van der Waals surface area (Å²) < 4.78 is 3.26. The normalized spacial score (nSPS) is 11.0. The Bertz CT molecular complexity index is 501. The van der Waals surface area contributed by atoms with Crippen molar-refractivity contribution >= 4 is 27.3 Å². The van der Waals surface area contributed by atoms with E-state index in [-0.39, 0.29) is 0 Å². The number of halogens is 1. The number of rotatable bonds is 3. The van der Waals surface area contributed by atoms with Crippen LogP contribution in [0.2, 0.25) is 0 Å². The first-order valence-corrected chi connectivity index (χ1v) is 6.72. The third kappa shape index (κ3) is 2.07. The van der Waals surface area contributed by atoms with E-state index in [2.05, 4.69) is 49.3 Å². The maximum atomic E-state index is 4.62. The summed E-state index contributed by atoms with van der Waals surface area (Å²) in [6, 6.07) is 2.12. The largest absolute Gasteiger partial charge is 0.334 e. The zero-order valence-electron chi connectivity index (χ0n) is 9.54. The van der Waals surface area contributed by atoms with Crippen LogP contribution in [-0.2, 0) is 13.6 Å². The molecule has 0 spiro atoms. The predicted molar refractivity (Wildman–Crippen MR) is 71.7 cm³/mol. The predicted octanol–water partition coefficient (Wildman–Crippen LogP) is 2.94. The highest BCUT2D eigenvalue weighted by Gasteiger charge is 2.14. The Labute approximate surface area is 108 Å². The molecule has 5 heteroatoms. The van der Waals surface area contributed by atoms with Crippen LogP contribution in [0.25, 0.3) is 10.6 Å². The van der Waals surface area contributed by atoms with Crippen molar-refractivity contribution in [2.45, 2.75) is 13.5 Å². The first kappa shape index (κ1) is 11.8. The van der Waals surface area contributed by atoms with Crippen molar-refractivity contribution in [2.75, 3.05) is 7.05 Å². The molecule has 0 radical (unpaired) electrons. The van der Waals surface area contributed by atoms with E-state index >= 15 is 0 Å². The molecule has 0 unspecified atom stereocenters. The molecule has 0 aliphatic carbocycles. The van der Waals surface area contributed by atoms with Crippen molar-refractivity contribution in [3.63, 3.8) is 0 Å². The van der Waals surface area contributed by atoms with Crippen molar-refractivity contribution in [3.05, 3.63) is 27.4 Å². The van der Waals surface area contributed by atoms with Gasteiger partial charge in [0.1, 0.15) is 11.5 Å². The van der Waals surface area contributed by atoms with Crippen LogP contribution in [0.15, 0.2) is 15.9 Å². The van der Waals surface area contributed by atoms with Crippen molar-refractivity contribution in [1.82, 2.24) is 14.9 Å². The van der Waals surface area contributed by atoms with Gasteiger partial charge < -0.3 is 9.88 Å². The molecule has 0 fully saturated rings. The van der Waals surface area contributed by atoms with Gasteiger partial charge in [0.25, 0.3) is 0 Å². The van der Waals surface area contributed by atoms with Crippen molar-refractivity contribution in [2.24, 2.45) is 7.05 Å². The summed E-state index contributed by atoms with van der Waals surface area (Å²) in [7, 11) is 4.01. The fraction of sp³-hybridized carbons (Fsp3) is 0.364. The minimum absolute atomic E-state index is 0.836. The van der Waals surface area contributed by atoms with Crippen LogP contribution in [0.3, 0.4) is 0 Å². The van der Waals surface area contributed by atoms with Gasteiger partial charge in [-0.3, -0.25) is 0 Å². The maximum Gasteiger partial charge on any atom is 0.106 e. The van der Waals surface area contributed by atoms with E-state index in [4.69, 9.17) is 0 Å². The van der Waals surface area contributed by atoms with E-state index in [1.165, 1.54) is 10.6 Å². The molecule has 1 N–H and O–H groups in total. The van der Waals surface area contributed by atoms with Gasteiger partial charge in [-0.2, -0.15) is 0 Å². The second-order valence-electron chi connectivity index (χ2n) is 3.67. The first-order chi connectivity index (χ1) is 7.63. The number of nitrogens with one attached hydrogen (secondary N) is 1. The third-order valence-electron chi connectivity index (χ3n) is 2.58. The summed E-state index contributed by atoms with van der Waals surface area (Å²) in [6.07, 6.45) is 0. The molecule has 0 atom stereocenters. The average molecular weight is 300 g/mol. The van der Waals surface area contributed by atoms with Gasteiger partial charge in [-0.25, -0.2) is 4.98 Å². The van der Waals surface area contributed by atoms with Gasteiger partial charge in [0.2, 0.25) is 0 Å². The summed E-state index contributed by atoms with van der Waals surface area (Å²) in [4.78, 5) is 5.83. The summed E-state index contributed by atoms with van der Waals surface area (Å²) in [5.74, 6) is 1.05. The summed E-state index contributed by atoms with van der Waals surface area (Å²) >= 11 is 5.19. The Balaban J connectivity index is 2.51. The molecule has 0 aromatic carbocycles. The highest BCUT2D eigenvalue weighted by atomic mass is 79.9. The van der Waals surface area contributed by atoms with Gasteiger partial charge in [-0.1, -0.05) is 0 Å². The number of imidazole rings is 1. The third-order valence-corrected chi connectivity index (χ3v) is 4.28. The van der Waals surface area contributed by atoms with Crippen LogP contribution in [0, 0.1) is 6.92 Å². The van der Waals surface area contributed by atoms with Crippen molar-refractivity contribution in [3.8, 4) is 10.6 Å². The van der Waals surface area contributed by atoms with E-state index in [1.54, 1.807) is 11.3 Å². The molecule has 16 heavy (non-hydrogen) atoms. The number of thiophene rings is 1. The molecule has 0 bridgehead atoms. The molecule has 2 aromatic heterocycles. The van der Waals surface area contributed by atoms with Crippen LogP contribution in [0.1, 0.15) is 11.5 Å². The number of aryl methyl sites for hydroxylation is 1. The second-order valence-corrected chi connectivity index (χ2v) is 5.50. The number of hydrogen-bond acceptors (Lipinski definition) is 3. The molecule has 0 aliphatic rings. The highest BCUT2D eigenvalue weighted by molar-refractivity contribution is 9.10. The van der Waals surface area contributed by atoms with E-state index in [0.29, 0.717) is 0 Å². The lowest BCUT2D eigenvalue weighted by Gasteiger charge is -2.04. The Morgan fingerprint density at radius 2 is 2.31 bits per heavy atom. The lowest BCUT2D eigenvalue weighted by atomic mass is 10.2. The molecule has 2 heterocycles. The SMILES string of the molecule is CNCc1c(-c2cc(Br)cs2)nc(C)n1C. The summed E-state index contributed by atoms with van der Waals surface area (Å²) in [6.45, 7) is 2.87. The Morgan fingerprint density at radius 3 is 2.88 bits per heavy atom. The maximum absolute atomic E-state index is 4.62. The quantitative estimate of drug-likeness (QED) is 0.944. The lowest BCUT2D eigenvalue weighted by Crippen LogP contribution is -2.10. The van der Waals surface area contributed by atoms with Crippen molar-refractivity contribution < 1.29 is 0 Å². The number of aromatic nitrogens is 2. The van der Waals surface area contributed by atoms with Gasteiger partial charge in [0.05, 0.1) is 10.6 Å². The Kier molecular flexibility index (Phi) is 3.47. The molecule has 3 nitrogen and oxygen atoms in total. The molecule has 0 aliphatic heterocycles. The minimum atomic E-state index is 0.836. The zero-order chi connectivity index (χ0) is 11.7. The number of nitrogens with zero attached hydrogens (tertiary/aromatic N) is 2. The van der Waals surface area contributed by atoms with E-state index in [0.717, 1.165) is 22.5 Å². The second kappa shape index (κ2) is 4.69. The smallest absolute Gasteiger partial charge is 0.106 e. The monoisotopic (exact) mass is 299 g/mol. The minimum Gasteiger partial charge on any atom is -0.334 e. The van der Waals surface area contributed by atoms with Gasteiger partial charge in [-0.15, -0.1) is 11.3 Å². The van der Waals surface area contributed by atoms with Crippen LogP contribution in [-0.4, -0.2) is 16.6 Å². The molecule has 2 rings (SSSR count). The molecule has 0 saturated heterocycles. The van der Waals surface area contributed by atoms with Crippen LogP contribution in [0.5, 0.6) is 0 Å². The molecule has 86 valence electrons. The molecular weight excluding hydrogens is 286 g/mol. The zero-order valence-corrected chi connectivity index (χ0v) is 11.9. The Morgan fingerprint density at radius 1 is 1.56 bits per heavy atom. The first-order valence-electron chi connectivity index (χ1n) is 5.04. The topological polar surface area (TPSA) is 29.9 Å².